The molecule has 0 bridgehead atoms. The first kappa shape index (κ1) is 9.06. The summed E-state index contributed by atoms with van der Waals surface area (Å²) in [4.78, 5) is 0. The minimum absolute atomic E-state index is 0. The Morgan fingerprint density at radius 1 is 0.889 bits per heavy atom. The number of hydrogen-bond donors (Lipinski definition) is 0. The van der Waals surface area contributed by atoms with Crippen molar-refractivity contribution in [3.63, 3.8) is 0 Å². The van der Waals surface area contributed by atoms with Gasteiger partial charge in [-0.25, -0.2) is 0 Å². The van der Waals surface area contributed by atoms with E-state index in [0.29, 0.717) is 0 Å². The van der Waals surface area contributed by atoms with Crippen molar-refractivity contribution in [3.8, 4) is 0 Å². The smallest absolute Gasteiger partial charge is 0 e. The van der Waals surface area contributed by atoms with Gasteiger partial charge in [0.15, 0.2) is 0 Å². The summed E-state index contributed by atoms with van der Waals surface area (Å²) in [6.45, 7) is 7.10. The van der Waals surface area contributed by atoms with E-state index in [2.05, 4.69) is 20.8 Å². The molecule has 0 aliphatic heterocycles. The van der Waals surface area contributed by atoms with Crippen LogP contribution >= 0.6 is 0 Å². The minimum Gasteiger partial charge on any atom is -0.0625 e. The van der Waals surface area contributed by atoms with Crippen molar-refractivity contribution in [1.29, 1.82) is 0 Å². The molecule has 0 aromatic rings. The maximum Gasteiger partial charge on any atom is 0 e. The van der Waals surface area contributed by atoms with Crippen LogP contribution in [-0.4, -0.2) is 8.41 Å². The molecular weight excluding hydrogens is 107 g/mol. The highest BCUT2D eigenvalue weighted by molar-refractivity contribution is 5.75. The maximum absolute atomic E-state index is 2.37. The van der Waals surface area contributed by atoms with Gasteiger partial charge in [-0.2, -0.15) is 0 Å². The highest BCUT2D eigenvalue weighted by Gasteiger charge is 2.24. The second kappa shape index (κ2) is 3.29. The van der Waals surface area contributed by atoms with Crippen LogP contribution in [0, 0.1) is 17.8 Å². The zero-order chi connectivity index (χ0) is 6.15. The van der Waals surface area contributed by atoms with E-state index in [1.807, 2.05) is 0 Å². The second-order valence-corrected chi connectivity index (χ2v) is 3.53. The van der Waals surface area contributed by atoms with Crippen molar-refractivity contribution >= 4 is 8.41 Å². The molecule has 1 fully saturated rings. The summed E-state index contributed by atoms with van der Waals surface area (Å²) in [6, 6.07) is 0. The van der Waals surface area contributed by atoms with Gasteiger partial charge in [-0.1, -0.05) is 20.8 Å². The molecule has 1 aliphatic carbocycles. The van der Waals surface area contributed by atoms with E-state index in [1.54, 1.807) is 0 Å². The minimum atomic E-state index is 0. The van der Waals surface area contributed by atoms with Gasteiger partial charge < -0.3 is 0 Å². The Bertz CT molecular complexity index is 70.6. The van der Waals surface area contributed by atoms with Gasteiger partial charge in [-0.3, -0.25) is 0 Å². The quantitative estimate of drug-likeness (QED) is 0.433. The van der Waals surface area contributed by atoms with E-state index in [0.717, 1.165) is 17.8 Å². The molecule has 0 nitrogen and oxygen atoms in total. The summed E-state index contributed by atoms with van der Waals surface area (Å²) in [5.74, 6) is 2.98. The monoisotopic (exact) mass is 123 g/mol. The summed E-state index contributed by atoms with van der Waals surface area (Å²) in [7, 11) is 0. The summed E-state index contributed by atoms with van der Waals surface area (Å²) in [5, 5.41) is 0. The lowest BCUT2D eigenvalue weighted by Crippen LogP contribution is -1.95. The lowest BCUT2D eigenvalue weighted by molar-refractivity contribution is 0.457. The zero-order valence-electron chi connectivity index (χ0n) is 6.72. The molecule has 1 aliphatic rings. The van der Waals surface area contributed by atoms with E-state index < -0.39 is 0 Å². The highest BCUT2D eigenvalue weighted by atomic mass is 14.3. The lowest BCUT2D eigenvalue weighted by atomic mass is 10.0. The molecule has 1 saturated carbocycles. The predicted molar refractivity (Wildman–Crippen MR) is 42.5 cm³/mol. The molecular formula is C8H16B. The molecule has 0 heterocycles. The van der Waals surface area contributed by atoms with Crippen LogP contribution in [0.5, 0.6) is 0 Å². The Labute approximate surface area is 60.6 Å². The molecule has 0 aromatic heterocycles. The molecule has 0 saturated heterocycles. The predicted octanol–water partition coefficient (Wildman–Crippen LogP) is 2.31. The van der Waals surface area contributed by atoms with Crippen molar-refractivity contribution in [2.24, 2.45) is 17.8 Å². The fraction of sp³-hybridized carbons (Fsp3) is 1.00. The number of rotatable bonds is 0. The zero-order valence-corrected chi connectivity index (χ0v) is 6.72. The molecule has 0 spiro atoms. The Morgan fingerprint density at radius 2 is 1.22 bits per heavy atom. The third kappa shape index (κ3) is 2.04. The summed E-state index contributed by atoms with van der Waals surface area (Å²) in [5.41, 5.74) is 0. The first-order valence-corrected chi connectivity index (χ1v) is 3.70. The van der Waals surface area contributed by atoms with Crippen LogP contribution in [0.25, 0.3) is 0 Å². The standard InChI is InChI=1S/C8H16.B/c1-6-4-7(2)8(3)5-6;/h6-8H,4-5H2,1-3H3;. The molecule has 0 amide bonds. The fourth-order valence-corrected chi connectivity index (χ4v) is 1.83. The molecule has 2 atom stereocenters. The number of hydrogen-bond acceptors (Lipinski definition) is 0. The van der Waals surface area contributed by atoms with E-state index in [9.17, 15) is 0 Å². The second-order valence-electron chi connectivity index (χ2n) is 3.53. The topological polar surface area (TPSA) is 0 Å². The van der Waals surface area contributed by atoms with Crippen molar-refractivity contribution < 1.29 is 0 Å². The fourth-order valence-electron chi connectivity index (χ4n) is 1.83. The molecule has 0 N–H and O–H groups in total. The maximum atomic E-state index is 2.37. The first-order chi connectivity index (χ1) is 3.70. The third-order valence-electron chi connectivity index (χ3n) is 2.52. The van der Waals surface area contributed by atoms with Crippen molar-refractivity contribution in [2.75, 3.05) is 0 Å². The van der Waals surface area contributed by atoms with Gasteiger partial charge in [0.25, 0.3) is 0 Å². The summed E-state index contributed by atoms with van der Waals surface area (Å²) < 4.78 is 0. The van der Waals surface area contributed by atoms with Gasteiger partial charge in [0, 0.05) is 8.41 Å². The molecule has 9 heavy (non-hydrogen) atoms. The summed E-state index contributed by atoms with van der Waals surface area (Å²) >= 11 is 0. The van der Waals surface area contributed by atoms with Gasteiger partial charge in [0.1, 0.15) is 0 Å². The van der Waals surface area contributed by atoms with Crippen LogP contribution in [0.4, 0.5) is 0 Å². The normalized spacial score (nSPS) is 42.3. The van der Waals surface area contributed by atoms with Gasteiger partial charge in [0.05, 0.1) is 0 Å². The van der Waals surface area contributed by atoms with Gasteiger partial charge in [0.2, 0.25) is 0 Å². The Balaban J connectivity index is 0.000000640. The van der Waals surface area contributed by atoms with Crippen molar-refractivity contribution in [1.82, 2.24) is 0 Å². The van der Waals surface area contributed by atoms with E-state index in [1.165, 1.54) is 12.8 Å². The summed E-state index contributed by atoms with van der Waals surface area (Å²) in [6.07, 6.45) is 2.92. The molecule has 1 rings (SSSR count). The third-order valence-corrected chi connectivity index (χ3v) is 2.52. The van der Waals surface area contributed by atoms with Crippen molar-refractivity contribution in [2.45, 2.75) is 33.6 Å². The Kier molecular flexibility index (Phi) is 3.31. The highest BCUT2D eigenvalue weighted by Crippen LogP contribution is 2.34. The first-order valence-electron chi connectivity index (χ1n) is 3.70. The molecule has 3 radical (unpaired) electrons. The largest absolute Gasteiger partial charge is 0.0625 e. The van der Waals surface area contributed by atoms with E-state index in [-0.39, 0.29) is 8.41 Å². The van der Waals surface area contributed by atoms with Crippen LogP contribution in [0.2, 0.25) is 0 Å². The molecule has 1 heteroatoms. The SMILES string of the molecule is CC1CC(C)C(C)C1.[B]. The Morgan fingerprint density at radius 3 is 1.33 bits per heavy atom. The lowest BCUT2D eigenvalue weighted by Gasteiger charge is -2.04. The van der Waals surface area contributed by atoms with Crippen LogP contribution < -0.4 is 0 Å². The molecule has 51 valence electrons. The van der Waals surface area contributed by atoms with Crippen LogP contribution in [-0.2, 0) is 0 Å². The van der Waals surface area contributed by atoms with E-state index in [4.69, 9.17) is 0 Å². The van der Waals surface area contributed by atoms with Gasteiger partial charge in [-0.05, 0) is 30.6 Å². The van der Waals surface area contributed by atoms with Crippen LogP contribution in [0.15, 0.2) is 0 Å². The van der Waals surface area contributed by atoms with Crippen LogP contribution in [0.3, 0.4) is 0 Å². The molecule has 0 aromatic carbocycles. The molecule has 2 unspecified atom stereocenters. The van der Waals surface area contributed by atoms with E-state index >= 15 is 0 Å². The van der Waals surface area contributed by atoms with Crippen LogP contribution in [0.1, 0.15) is 33.6 Å². The van der Waals surface area contributed by atoms with Gasteiger partial charge >= 0.3 is 0 Å². The van der Waals surface area contributed by atoms with Crippen molar-refractivity contribution in [3.05, 3.63) is 0 Å². The van der Waals surface area contributed by atoms with Gasteiger partial charge in [-0.15, -0.1) is 0 Å². The average molecular weight is 123 g/mol. The average Bonchev–Trinajstić information content (AvgIpc) is 1.85. The Hall–Kier alpha value is 0.0649.